The first-order valence-electron chi connectivity index (χ1n) is 6.78. The standard InChI is InChI=1S/C15H25NO2/c1-5-13(3)16-9-6-10-18-14-8-7-12(2)11-15(14)17-4/h7-8,11,13,16H,5-6,9-10H2,1-4H3/p+1/t13-/m0/s1. The lowest BCUT2D eigenvalue weighted by molar-refractivity contribution is -0.686. The maximum absolute atomic E-state index is 5.75. The summed E-state index contributed by atoms with van der Waals surface area (Å²) in [7, 11) is 1.68. The molecule has 0 heterocycles. The van der Waals surface area contributed by atoms with E-state index < -0.39 is 0 Å². The summed E-state index contributed by atoms with van der Waals surface area (Å²) < 4.78 is 11.1. The third kappa shape index (κ3) is 4.96. The molecule has 0 bridgehead atoms. The van der Waals surface area contributed by atoms with Crippen LogP contribution in [0.15, 0.2) is 18.2 Å². The Kier molecular flexibility index (Phi) is 6.58. The molecule has 18 heavy (non-hydrogen) atoms. The SMILES string of the molecule is CC[C@H](C)[NH2+]CCCOc1ccc(C)cc1OC. The van der Waals surface area contributed by atoms with Crippen molar-refractivity contribution in [1.82, 2.24) is 0 Å². The monoisotopic (exact) mass is 252 g/mol. The van der Waals surface area contributed by atoms with Gasteiger partial charge in [-0.3, -0.25) is 0 Å². The van der Waals surface area contributed by atoms with Gasteiger partial charge in [0.05, 0.1) is 26.3 Å². The van der Waals surface area contributed by atoms with E-state index >= 15 is 0 Å². The maximum Gasteiger partial charge on any atom is 0.161 e. The quantitative estimate of drug-likeness (QED) is 0.719. The summed E-state index contributed by atoms with van der Waals surface area (Å²) in [6.45, 7) is 8.38. The summed E-state index contributed by atoms with van der Waals surface area (Å²) in [5, 5.41) is 2.37. The van der Waals surface area contributed by atoms with Crippen molar-refractivity contribution >= 4 is 0 Å². The number of nitrogens with two attached hydrogens (primary N) is 1. The average molecular weight is 252 g/mol. The first-order valence-corrected chi connectivity index (χ1v) is 6.78. The Morgan fingerprint density at radius 1 is 1.28 bits per heavy atom. The predicted molar refractivity (Wildman–Crippen MR) is 74.4 cm³/mol. The van der Waals surface area contributed by atoms with E-state index in [9.17, 15) is 0 Å². The number of hydrogen-bond donors (Lipinski definition) is 1. The van der Waals surface area contributed by atoms with Gasteiger partial charge in [-0.15, -0.1) is 0 Å². The van der Waals surface area contributed by atoms with Crippen LogP contribution in [0.25, 0.3) is 0 Å². The number of methoxy groups -OCH3 is 1. The molecular weight excluding hydrogens is 226 g/mol. The lowest BCUT2D eigenvalue weighted by atomic mass is 10.2. The fourth-order valence-corrected chi connectivity index (χ4v) is 1.73. The molecule has 0 amide bonds. The van der Waals surface area contributed by atoms with E-state index in [1.54, 1.807) is 7.11 Å². The fourth-order valence-electron chi connectivity index (χ4n) is 1.73. The Balaban J connectivity index is 2.31. The number of benzene rings is 1. The third-order valence-electron chi connectivity index (χ3n) is 3.14. The third-order valence-corrected chi connectivity index (χ3v) is 3.14. The largest absolute Gasteiger partial charge is 0.493 e. The van der Waals surface area contributed by atoms with Crippen molar-refractivity contribution in [1.29, 1.82) is 0 Å². The molecule has 102 valence electrons. The first kappa shape index (κ1) is 14.8. The molecule has 3 heteroatoms. The van der Waals surface area contributed by atoms with Crippen LogP contribution in [0.2, 0.25) is 0 Å². The van der Waals surface area contributed by atoms with Crippen molar-refractivity contribution in [3.05, 3.63) is 23.8 Å². The molecule has 0 radical (unpaired) electrons. The van der Waals surface area contributed by atoms with E-state index in [0.29, 0.717) is 6.04 Å². The van der Waals surface area contributed by atoms with Crippen LogP contribution in [0.1, 0.15) is 32.3 Å². The van der Waals surface area contributed by atoms with Crippen molar-refractivity contribution < 1.29 is 14.8 Å². The van der Waals surface area contributed by atoms with Gasteiger partial charge < -0.3 is 14.8 Å². The molecule has 0 aliphatic carbocycles. The molecule has 2 N–H and O–H groups in total. The smallest absolute Gasteiger partial charge is 0.161 e. The van der Waals surface area contributed by atoms with Gasteiger partial charge in [-0.1, -0.05) is 13.0 Å². The highest BCUT2D eigenvalue weighted by Crippen LogP contribution is 2.27. The minimum Gasteiger partial charge on any atom is -0.493 e. The molecule has 0 fully saturated rings. The molecule has 0 aliphatic heterocycles. The van der Waals surface area contributed by atoms with Crippen LogP contribution in [0, 0.1) is 6.92 Å². The van der Waals surface area contributed by atoms with E-state index in [-0.39, 0.29) is 0 Å². The minimum absolute atomic E-state index is 0.707. The summed E-state index contributed by atoms with van der Waals surface area (Å²) in [6.07, 6.45) is 2.27. The summed E-state index contributed by atoms with van der Waals surface area (Å²) in [6, 6.07) is 6.73. The van der Waals surface area contributed by atoms with Crippen LogP contribution in [0.4, 0.5) is 0 Å². The van der Waals surface area contributed by atoms with Gasteiger partial charge in [0.1, 0.15) is 0 Å². The second-order valence-electron chi connectivity index (χ2n) is 4.77. The molecule has 1 aromatic carbocycles. The highest BCUT2D eigenvalue weighted by atomic mass is 16.5. The maximum atomic E-state index is 5.75. The van der Waals surface area contributed by atoms with Gasteiger partial charge in [-0.05, 0) is 38.0 Å². The van der Waals surface area contributed by atoms with Crippen molar-refractivity contribution in [2.75, 3.05) is 20.3 Å². The summed E-state index contributed by atoms with van der Waals surface area (Å²) in [5.41, 5.74) is 1.18. The molecular formula is C15H26NO2+. The van der Waals surface area contributed by atoms with Gasteiger partial charge >= 0.3 is 0 Å². The second kappa shape index (κ2) is 7.98. The Bertz CT molecular complexity index is 352. The van der Waals surface area contributed by atoms with Gasteiger partial charge in [-0.25, -0.2) is 0 Å². The molecule has 0 aliphatic rings. The summed E-state index contributed by atoms with van der Waals surface area (Å²) in [5.74, 6) is 1.66. The zero-order valence-corrected chi connectivity index (χ0v) is 12.0. The Hall–Kier alpha value is -1.22. The van der Waals surface area contributed by atoms with Crippen molar-refractivity contribution in [3.63, 3.8) is 0 Å². The zero-order chi connectivity index (χ0) is 13.4. The molecule has 1 rings (SSSR count). The van der Waals surface area contributed by atoms with Crippen LogP contribution < -0.4 is 14.8 Å². The van der Waals surface area contributed by atoms with Crippen LogP contribution in [-0.4, -0.2) is 26.3 Å². The number of quaternary nitrogens is 1. The van der Waals surface area contributed by atoms with Gasteiger partial charge in [0.25, 0.3) is 0 Å². The number of aryl methyl sites for hydroxylation is 1. The molecule has 0 aromatic heterocycles. The fraction of sp³-hybridized carbons (Fsp3) is 0.600. The Morgan fingerprint density at radius 2 is 2.06 bits per heavy atom. The van der Waals surface area contributed by atoms with Crippen molar-refractivity contribution in [2.24, 2.45) is 0 Å². The topological polar surface area (TPSA) is 35.1 Å². The van der Waals surface area contributed by atoms with Gasteiger partial charge in [-0.2, -0.15) is 0 Å². The number of ether oxygens (including phenoxy) is 2. The Morgan fingerprint density at radius 3 is 2.72 bits per heavy atom. The highest BCUT2D eigenvalue weighted by Gasteiger charge is 2.05. The molecule has 1 aromatic rings. The van der Waals surface area contributed by atoms with E-state index in [2.05, 4.69) is 19.2 Å². The second-order valence-corrected chi connectivity index (χ2v) is 4.77. The molecule has 1 atom stereocenters. The van der Waals surface area contributed by atoms with E-state index in [4.69, 9.17) is 9.47 Å². The van der Waals surface area contributed by atoms with Gasteiger partial charge in [0.2, 0.25) is 0 Å². The molecule has 0 spiro atoms. The first-order chi connectivity index (χ1) is 8.67. The van der Waals surface area contributed by atoms with Crippen LogP contribution in [0.5, 0.6) is 11.5 Å². The molecule has 0 saturated carbocycles. The van der Waals surface area contributed by atoms with Crippen molar-refractivity contribution in [2.45, 2.75) is 39.7 Å². The van der Waals surface area contributed by atoms with Crippen LogP contribution in [-0.2, 0) is 0 Å². The van der Waals surface area contributed by atoms with Crippen LogP contribution in [0.3, 0.4) is 0 Å². The van der Waals surface area contributed by atoms with Gasteiger partial charge in [0.15, 0.2) is 11.5 Å². The lowest BCUT2D eigenvalue weighted by Gasteiger charge is -2.12. The highest BCUT2D eigenvalue weighted by molar-refractivity contribution is 5.42. The van der Waals surface area contributed by atoms with Gasteiger partial charge in [0, 0.05) is 6.42 Å². The van der Waals surface area contributed by atoms with E-state index in [0.717, 1.165) is 31.1 Å². The van der Waals surface area contributed by atoms with Crippen molar-refractivity contribution in [3.8, 4) is 11.5 Å². The zero-order valence-electron chi connectivity index (χ0n) is 12.0. The normalized spacial score (nSPS) is 12.2. The average Bonchev–Trinajstić information content (AvgIpc) is 2.39. The summed E-state index contributed by atoms with van der Waals surface area (Å²) in [4.78, 5) is 0. The summed E-state index contributed by atoms with van der Waals surface area (Å²) >= 11 is 0. The Labute approximate surface area is 110 Å². The minimum atomic E-state index is 0.707. The van der Waals surface area contributed by atoms with E-state index in [1.165, 1.54) is 12.0 Å². The number of rotatable bonds is 8. The van der Waals surface area contributed by atoms with E-state index in [1.807, 2.05) is 25.1 Å². The molecule has 3 nitrogen and oxygen atoms in total. The number of hydrogen-bond acceptors (Lipinski definition) is 2. The lowest BCUT2D eigenvalue weighted by Crippen LogP contribution is -2.89. The van der Waals surface area contributed by atoms with Crippen LogP contribution >= 0.6 is 0 Å². The molecule has 0 saturated heterocycles. The predicted octanol–water partition coefficient (Wildman–Crippen LogP) is 2.13. The molecule has 0 unspecified atom stereocenters.